The average molecular weight is 437 g/mol. The first kappa shape index (κ1) is 22.2. The number of nitrogens with one attached hydrogen (secondary N) is 1. The number of urea groups is 1. The van der Waals surface area contributed by atoms with Gasteiger partial charge in [0.15, 0.2) is 0 Å². The maximum absolute atomic E-state index is 12.9. The van der Waals surface area contributed by atoms with E-state index in [0.29, 0.717) is 18.8 Å². The third-order valence-electron chi connectivity index (χ3n) is 7.24. The summed E-state index contributed by atoms with van der Waals surface area (Å²) in [6, 6.07) is 10.5. The number of benzene rings is 1. The largest absolute Gasteiger partial charge is 0.339 e. The maximum Gasteiger partial charge on any atom is 0.322 e. The van der Waals surface area contributed by atoms with Crippen LogP contribution in [0.1, 0.15) is 48.8 Å². The van der Waals surface area contributed by atoms with E-state index < -0.39 is 0 Å². The van der Waals surface area contributed by atoms with E-state index in [4.69, 9.17) is 0 Å². The van der Waals surface area contributed by atoms with Crippen molar-refractivity contribution in [2.45, 2.75) is 43.7 Å². The van der Waals surface area contributed by atoms with E-state index in [1.165, 1.54) is 5.56 Å². The van der Waals surface area contributed by atoms with Crippen LogP contribution in [-0.4, -0.2) is 71.5 Å². The molecule has 4 rings (SSSR count). The Bertz CT molecular complexity index is 968. The van der Waals surface area contributed by atoms with Crippen LogP contribution in [0, 0.1) is 0 Å². The Morgan fingerprint density at radius 3 is 2.25 bits per heavy atom. The van der Waals surface area contributed by atoms with Gasteiger partial charge in [-0.25, -0.2) is 14.8 Å². The summed E-state index contributed by atoms with van der Waals surface area (Å²) >= 11 is 0. The lowest BCUT2D eigenvalue weighted by Crippen LogP contribution is -2.54. The van der Waals surface area contributed by atoms with E-state index in [0.717, 1.165) is 25.7 Å². The van der Waals surface area contributed by atoms with Crippen molar-refractivity contribution in [2.24, 2.45) is 0 Å². The van der Waals surface area contributed by atoms with Gasteiger partial charge in [0.05, 0.1) is 30.2 Å². The minimum atomic E-state index is -0.262. The molecular weight excluding hydrogens is 404 g/mol. The topological polar surface area (TPSA) is 81.7 Å². The van der Waals surface area contributed by atoms with Gasteiger partial charge in [0.1, 0.15) is 0 Å². The molecule has 2 fully saturated rings. The zero-order valence-electron chi connectivity index (χ0n) is 19.3. The van der Waals surface area contributed by atoms with Gasteiger partial charge in [0.25, 0.3) is 5.91 Å². The Kier molecular flexibility index (Phi) is 5.90. The SMILES string of the molecule is CCN(C)C(=O)c1ncc(N2CC3(CCC(c4ccccc4)(N(C)C)CC3)NC2=O)cn1. The third-order valence-corrected chi connectivity index (χ3v) is 7.24. The summed E-state index contributed by atoms with van der Waals surface area (Å²) in [5.74, 6) is -0.0849. The van der Waals surface area contributed by atoms with Crippen molar-refractivity contribution in [3.63, 3.8) is 0 Å². The lowest BCUT2D eigenvalue weighted by atomic mass is 9.69. The minimum Gasteiger partial charge on any atom is -0.339 e. The van der Waals surface area contributed by atoms with Crippen molar-refractivity contribution in [1.82, 2.24) is 25.1 Å². The van der Waals surface area contributed by atoms with Gasteiger partial charge in [-0.3, -0.25) is 14.6 Å². The van der Waals surface area contributed by atoms with Gasteiger partial charge in [-0.1, -0.05) is 30.3 Å². The van der Waals surface area contributed by atoms with Crippen LogP contribution in [0.25, 0.3) is 0 Å². The normalized spacial score (nSPS) is 25.3. The van der Waals surface area contributed by atoms with E-state index in [2.05, 4.69) is 58.5 Å². The molecule has 0 bridgehead atoms. The molecule has 0 atom stereocenters. The van der Waals surface area contributed by atoms with E-state index in [-0.39, 0.29) is 28.8 Å². The molecule has 8 nitrogen and oxygen atoms in total. The molecule has 1 aliphatic carbocycles. The van der Waals surface area contributed by atoms with Gasteiger partial charge < -0.3 is 10.2 Å². The summed E-state index contributed by atoms with van der Waals surface area (Å²) in [6.45, 7) is 3.06. The lowest BCUT2D eigenvalue weighted by Gasteiger charge is -2.48. The first-order chi connectivity index (χ1) is 15.3. The van der Waals surface area contributed by atoms with Crippen LogP contribution in [0.3, 0.4) is 0 Å². The zero-order chi connectivity index (χ0) is 22.9. The number of rotatable bonds is 5. The Balaban J connectivity index is 1.49. The number of hydrogen-bond acceptors (Lipinski definition) is 5. The molecule has 2 aliphatic rings. The predicted molar refractivity (Wildman–Crippen MR) is 124 cm³/mol. The molecule has 1 aromatic heterocycles. The second-order valence-corrected chi connectivity index (χ2v) is 9.17. The van der Waals surface area contributed by atoms with Gasteiger partial charge in [0, 0.05) is 19.1 Å². The van der Waals surface area contributed by atoms with Crippen LogP contribution in [0.5, 0.6) is 0 Å². The maximum atomic E-state index is 12.9. The fourth-order valence-corrected chi connectivity index (χ4v) is 4.97. The van der Waals surface area contributed by atoms with Crippen LogP contribution in [0.2, 0.25) is 0 Å². The predicted octanol–water partition coefficient (Wildman–Crippen LogP) is 2.87. The zero-order valence-corrected chi connectivity index (χ0v) is 19.3. The number of amides is 3. The van der Waals surface area contributed by atoms with Crippen molar-refractivity contribution in [3.05, 3.63) is 54.1 Å². The molecule has 1 aliphatic heterocycles. The Morgan fingerprint density at radius 1 is 1.06 bits per heavy atom. The Hall–Kier alpha value is -3.00. The van der Waals surface area contributed by atoms with Crippen LogP contribution in [-0.2, 0) is 5.54 Å². The Labute approximate surface area is 189 Å². The molecule has 32 heavy (non-hydrogen) atoms. The van der Waals surface area contributed by atoms with E-state index in [1.54, 1.807) is 29.2 Å². The number of nitrogens with zero attached hydrogens (tertiary/aromatic N) is 5. The smallest absolute Gasteiger partial charge is 0.322 e. The molecule has 8 heteroatoms. The molecule has 1 saturated carbocycles. The highest BCUT2D eigenvalue weighted by Crippen LogP contribution is 2.46. The summed E-state index contributed by atoms with van der Waals surface area (Å²) in [7, 11) is 5.99. The summed E-state index contributed by atoms with van der Waals surface area (Å²) in [5, 5.41) is 3.25. The number of aromatic nitrogens is 2. The van der Waals surface area contributed by atoms with Gasteiger partial charge in [0.2, 0.25) is 5.82 Å². The molecule has 1 spiro atoms. The van der Waals surface area contributed by atoms with Crippen molar-refractivity contribution in [3.8, 4) is 0 Å². The van der Waals surface area contributed by atoms with Crippen molar-refractivity contribution in [2.75, 3.05) is 39.1 Å². The quantitative estimate of drug-likeness (QED) is 0.780. The summed E-state index contributed by atoms with van der Waals surface area (Å²) < 4.78 is 0. The molecule has 1 N–H and O–H groups in total. The number of hydrogen-bond donors (Lipinski definition) is 1. The summed E-state index contributed by atoms with van der Waals surface area (Å²) in [4.78, 5) is 39.1. The highest BCUT2D eigenvalue weighted by molar-refractivity contribution is 5.95. The van der Waals surface area contributed by atoms with Crippen molar-refractivity contribution in [1.29, 1.82) is 0 Å². The molecule has 1 saturated heterocycles. The molecule has 3 amide bonds. The van der Waals surface area contributed by atoms with Gasteiger partial charge in [-0.15, -0.1) is 0 Å². The minimum absolute atomic E-state index is 0.0267. The lowest BCUT2D eigenvalue weighted by molar-refractivity contribution is 0.0658. The average Bonchev–Trinajstić information content (AvgIpc) is 3.14. The van der Waals surface area contributed by atoms with E-state index in [1.807, 2.05) is 13.0 Å². The van der Waals surface area contributed by atoms with E-state index in [9.17, 15) is 9.59 Å². The van der Waals surface area contributed by atoms with Gasteiger partial charge >= 0.3 is 6.03 Å². The van der Waals surface area contributed by atoms with Crippen LogP contribution in [0.4, 0.5) is 10.5 Å². The fourth-order valence-electron chi connectivity index (χ4n) is 4.97. The number of carbonyl (C=O) groups excluding carboxylic acids is 2. The van der Waals surface area contributed by atoms with Crippen molar-refractivity contribution >= 4 is 17.6 Å². The second-order valence-electron chi connectivity index (χ2n) is 9.17. The van der Waals surface area contributed by atoms with Gasteiger partial charge in [-0.2, -0.15) is 0 Å². The van der Waals surface area contributed by atoms with Crippen LogP contribution < -0.4 is 10.2 Å². The highest BCUT2D eigenvalue weighted by atomic mass is 16.2. The molecule has 2 heterocycles. The van der Waals surface area contributed by atoms with Crippen LogP contribution in [0.15, 0.2) is 42.7 Å². The van der Waals surface area contributed by atoms with E-state index >= 15 is 0 Å². The second kappa shape index (κ2) is 8.50. The van der Waals surface area contributed by atoms with Crippen LogP contribution >= 0.6 is 0 Å². The molecule has 2 aromatic rings. The third kappa shape index (κ3) is 3.83. The number of carbonyl (C=O) groups is 2. The monoisotopic (exact) mass is 436 g/mol. The van der Waals surface area contributed by atoms with Gasteiger partial charge in [-0.05, 0) is 52.3 Å². The summed E-state index contributed by atoms with van der Waals surface area (Å²) in [5.41, 5.74) is 1.65. The molecular formula is C24H32N6O2. The Morgan fingerprint density at radius 2 is 1.69 bits per heavy atom. The molecule has 0 radical (unpaired) electrons. The standard InChI is InChI=1S/C24H32N6O2/c1-5-29(4)21(31)20-25-15-19(16-26-20)30-17-23(27-22(30)32)11-13-24(14-12-23,28(2)3)18-9-7-6-8-10-18/h6-10,15-16H,5,11-14,17H2,1-4H3,(H,27,32). The number of anilines is 1. The molecule has 0 unspecified atom stereocenters. The fraction of sp³-hybridized carbons (Fsp3) is 0.500. The molecule has 170 valence electrons. The first-order valence-electron chi connectivity index (χ1n) is 11.2. The van der Waals surface area contributed by atoms with Crippen molar-refractivity contribution < 1.29 is 9.59 Å². The highest BCUT2D eigenvalue weighted by Gasteiger charge is 2.50. The summed E-state index contributed by atoms with van der Waals surface area (Å²) in [6.07, 6.45) is 6.84. The first-order valence-corrected chi connectivity index (χ1v) is 11.2. The molecule has 1 aromatic carbocycles.